The summed E-state index contributed by atoms with van der Waals surface area (Å²) < 4.78 is 5.43. The summed E-state index contributed by atoms with van der Waals surface area (Å²) in [6, 6.07) is 12.2. The normalized spacial score (nSPS) is 13.6. The van der Waals surface area contributed by atoms with E-state index in [4.69, 9.17) is 4.74 Å². The van der Waals surface area contributed by atoms with Crippen LogP contribution in [0.3, 0.4) is 0 Å². The van der Waals surface area contributed by atoms with Crippen molar-refractivity contribution in [1.82, 2.24) is 10.3 Å². The fraction of sp³-hybridized carbons (Fsp3) is 0.591. The minimum absolute atomic E-state index is 0.00933. The highest BCUT2D eigenvalue weighted by Gasteiger charge is 2.34. The molecule has 0 spiro atoms. The maximum absolute atomic E-state index is 12.2. The van der Waals surface area contributed by atoms with E-state index >= 15 is 0 Å². The Kier molecular flexibility index (Phi) is 6.79. The van der Waals surface area contributed by atoms with Crippen molar-refractivity contribution in [2.45, 2.75) is 84.7 Å². The molecule has 0 aliphatic carbocycles. The fourth-order valence-corrected chi connectivity index (χ4v) is 7.85. The summed E-state index contributed by atoms with van der Waals surface area (Å²) in [6.07, 6.45) is 0.467. The summed E-state index contributed by atoms with van der Waals surface area (Å²) in [4.78, 5) is 16.0. The number of para-hydroxylation sites is 1. The molecule has 0 aliphatic heterocycles. The molecule has 1 atom stereocenters. The molecule has 0 saturated heterocycles. The van der Waals surface area contributed by atoms with Crippen LogP contribution in [0.4, 0.5) is 4.79 Å². The molecule has 2 rings (SSSR count). The second-order valence-electron chi connectivity index (χ2n) is 8.62. The number of H-pyrrole nitrogens is 1. The number of benzene rings is 1. The van der Waals surface area contributed by atoms with Gasteiger partial charge in [0.2, 0.25) is 0 Å². The van der Waals surface area contributed by atoms with Crippen molar-refractivity contribution in [3.63, 3.8) is 0 Å². The topological polar surface area (TPSA) is 54.1 Å². The van der Waals surface area contributed by atoms with Crippen LogP contribution in [-0.2, 0) is 11.2 Å². The summed E-state index contributed by atoms with van der Waals surface area (Å²) in [6.45, 7) is 14.7. The number of rotatable bonds is 7. The van der Waals surface area contributed by atoms with Crippen LogP contribution in [0.15, 0.2) is 24.3 Å². The van der Waals surface area contributed by atoms with Gasteiger partial charge in [0.1, 0.15) is 13.7 Å². The summed E-state index contributed by atoms with van der Waals surface area (Å²) in [5.41, 5.74) is 2.11. The average molecular weight is 389 g/mol. The van der Waals surface area contributed by atoms with Crippen molar-refractivity contribution in [3.8, 4) is 0 Å². The van der Waals surface area contributed by atoms with Crippen molar-refractivity contribution in [1.29, 1.82) is 0 Å². The molecule has 1 unspecified atom stereocenters. The number of aromatic amines is 1. The molecule has 2 aromatic rings. The number of fused-ring (bicyclic) bond motifs is 1. The predicted octanol–water partition coefficient (Wildman–Crippen LogP) is 5.34. The lowest BCUT2D eigenvalue weighted by atomic mass is 10.1. The minimum atomic E-state index is -1.57. The molecule has 1 heterocycles. The van der Waals surface area contributed by atoms with E-state index in [2.05, 4.69) is 62.3 Å². The first kappa shape index (κ1) is 21.5. The van der Waals surface area contributed by atoms with Gasteiger partial charge in [-0.05, 0) is 45.7 Å². The first-order chi connectivity index (χ1) is 12.7. The number of alkyl carbamates (subject to hydrolysis) is 1. The largest absolute Gasteiger partial charge is 0.444 e. The molecule has 0 fully saturated rings. The van der Waals surface area contributed by atoms with E-state index in [1.807, 2.05) is 20.8 Å². The number of amides is 1. The molecule has 0 saturated carbocycles. The third-order valence-corrected chi connectivity index (χ3v) is 11.2. The Morgan fingerprint density at radius 2 is 1.74 bits per heavy atom. The molecule has 2 N–H and O–H groups in total. The second-order valence-corrected chi connectivity index (χ2v) is 13.8. The summed E-state index contributed by atoms with van der Waals surface area (Å²) in [5.74, 6) is 0. The summed E-state index contributed by atoms with van der Waals surface area (Å²) >= 11 is 0. The standard InChI is InChI=1S/C22H36N2O2Si/c1-8-27(9-2,10-3)20-18(17-13-11-12-14-19(17)24-20)15-16(4)23-21(25)26-22(5,6)7/h11-14,16,24H,8-10,15H2,1-7H3,(H,23,25). The van der Waals surface area contributed by atoms with Gasteiger partial charge in [0.05, 0.1) is 0 Å². The SMILES string of the molecule is CC[Si](CC)(CC)c1[nH]c2ccccc2c1CC(C)NC(=O)OC(C)(C)C. The average Bonchev–Trinajstić information content (AvgIpc) is 2.94. The Balaban J connectivity index is 2.36. The number of ether oxygens (including phenoxy) is 1. The zero-order valence-electron chi connectivity index (χ0n) is 18.0. The molecule has 4 nitrogen and oxygen atoms in total. The number of hydrogen-bond donors (Lipinski definition) is 2. The Morgan fingerprint density at radius 3 is 2.30 bits per heavy atom. The van der Waals surface area contributed by atoms with Crippen LogP contribution in [0.1, 0.15) is 54.0 Å². The molecule has 0 bridgehead atoms. The monoisotopic (exact) mass is 388 g/mol. The maximum Gasteiger partial charge on any atom is 0.407 e. The molecule has 0 aliphatic rings. The molecular weight excluding hydrogens is 352 g/mol. The molecule has 0 radical (unpaired) electrons. The highest BCUT2D eigenvalue weighted by molar-refractivity contribution is 6.91. The van der Waals surface area contributed by atoms with Crippen LogP contribution in [0, 0.1) is 0 Å². The van der Waals surface area contributed by atoms with Gasteiger partial charge >= 0.3 is 6.09 Å². The Bertz CT molecular complexity index is 764. The van der Waals surface area contributed by atoms with Gasteiger partial charge in [0.25, 0.3) is 0 Å². The molecule has 27 heavy (non-hydrogen) atoms. The minimum Gasteiger partial charge on any atom is -0.444 e. The number of nitrogens with one attached hydrogen (secondary N) is 2. The van der Waals surface area contributed by atoms with Crippen LogP contribution >= 0.6 is 0 Å². The van der Waals surface area contributed by atoms with Gasteiger partial charge in [-0.3, -0.25) is 0 Å². The molecular formula is C22H36N2O2Si. The van der Waals surface area contributed by atoms with Crippen molar-refractivity contribution < 1.29 is 9.53 Å². The zero-order valence-corrected chi connectivity index (χ0v) is 19.0. The number of hydrogen-bond acceptors (Lipinski definition) is 2. The Labute approximate surface area is 165 Å². The van der Waals surface area contributed by atoms with E-state index in [0.29, 0.717) is 0 Å². The summed E-state index contributed by atoms with van der Waals surface area (Å²) in [5, 5.41) is 5.77. The van der Waals surface area contributed by atoms with Gasteiger partial charge in [-0.1, -0.05) is 57.1 Å². The highest BCUT2D eigenvalue weighted by atomic mass is 28.3. The first-order valence-electron chi connectivity index (χ1n) is 10.2. The molecule has 1 amide bonds. The molecule has 1 aromatic heterocycles. The van der Waals surface area contributed by atoms with Crippen molar-refractivity contribution in [2.75, 3.05) is 0 Å². The third kappa shape index (κ3) is 4.95. The van der Waals surface area contributed by atoms with Crippen LogP contribution in [0.5, 0.6) is 0 Å². The van der Waals surface area contributed by atoms with Gasteiger partial charge in [-0.15, -0.1) is 0 Å². The van der Waals surface area contributed by atoms with Gasteiger partial charge in [0.15, 0.2) is 0 Å². The molecule has 1 aromatic carbocycles. The molecule has 150 valence electrons. The second kappa shape index (κ2) is 8.51. The maximum atomic E-state index is 12.2. The fourth-order valence-electron chi connectivity index (χ4n) is 4.01. The van der Waals surface area contributed by atoms with Crippen LogP contribution in [0.25, 0.3) is 10.9 Å². The molecule has 5 heteroatoms. The van der Waals surface area contributed by atoms with E-state index in [-0.39, 0.29) is 12.1 Å². The van der Waals surface area contributed by atoms with E-state index in [0.717, 1.165) is 6.42 Å². The van der Waals surface area contributed by atoms with Crippen LogP contribution < -0.4 is 10.6 Å². The van der Waals surface area contributed by atoms with E-state index in [1.54, 1.807) is 0 Å². The Morgan fingerprint density at radius 1 is 1.15 bits per heavy atom. The van der Waals surface area contributed by atoms with Gasteiger partial charge in [-0.25, -0.2) is 4.79 Å². The van der Waals surface area contributed by atoms with Gasteiger partial charge in [-0.2, -0.15) is 0 Å². The first-order valence-corrected chi connectivity index (χ1v) is 12.9. The highest BCUT2D eigenvalue weighted by Crippen LogP contribution is 2.27. The van der Waals surface area contributed by atoms with Crippen LogP contribution in [0.2, 0.25) is 18.1 Å². The Hall–Kier alpha value is -1.75. The zero-order chi connectivity index (χ0) is 20.2. The quantitative estimate of drug-likeness (QED) is 0.629. The third-order valence-electron chi connectivity index (χ3n) is 5.65. The van der Waals surface area contributed by atoms with Crippen molar-refractivity contribution in [3.05, 3.63) is 29.8 Å². The number of carbonyl (C=O) groups excluding carboxylic acids is 1. The predicted molar refractivity (Wildman–Crippen MR) is 118 cm³/mol. The van der Waals surface area contributed by atoms with Crippen molar-refractivity contribution >= 4 is 30.4 Å². The number of aromatic nitrogens is 1. The smallest absolute Gasteiger partial charge is 0.407 e. The van der Waals surface area contributed by atoms with Crippen LogP contribution in [-0.4, -0.2) is 30.8 Å². The lowest BCUT2D eigenvalue weighted by Crippen LogP contribution is -2.49. The van der Waals surface area contributed by atoms with Crippen molar-refractivity contribution in [2.24, 2.45) is 0 Å². The lowest BCUT2D eigenvalue weighted by molar-refractivity contribution is 0.0508. The summed E-state index contributed by atoms with van der Waals surface area (Å²) in [7, 11) is -1.57. The van der Waals surface area contributed by atoms with Gasteiger partial charge < -0.3 is 15.0 Å². The van der Waals surface area contributed by atoms with E-state index in [9.17, 15) is 4.79 Å². The van der Waals surface area contributed by atoms with E-state index in [1.165, 1.54) is 39.9 Å². The number of carbonyl (C=O) groups is 1. The van der Waals surface area contributed by atoms with Gasteiger partial charge in [0, 0.05) is 22.3 Å². The van der Waals surface area contributed by atoms with E-state index < -0.39 is 13.7 Å². The lowest BCUT2D eigenvalue weighted by Gasteiger charge is -2.29.